The van der Waals surface area contributed by atoms with E-state index in [0.717, 1.165) is 70.6 Å². The number of esters is 3. The number of allylic oxidation sites excluding steroid dienone is 8. The lowest BCUT2D eigenvalue weighted by molar-refractivity contribution is -0.167. The molecule has 0 aliphatic rings. The highest BCUT2D eigenvalue weighted by Gasteiger charge is 2.19. The molecule has 1 unspecified atom stereocenters. The van der Waals surface area contributed by atoms with Gasteiger partial charge in [-0.3, -0.25) is 14.4 Å². The lowest BCUT2D eigenvalue weighted by atomic mass is 10.1. The minimum Gasteiger partial charge on any atom is -0.462 e. The number of hydrogen-bond donors (Lipinski definition) is 0. The maximum absolute atomic E-state index is 12.9. The largest absolute Gasteiger partial charge is 0.462 e. The van der Waals surface area contributed by atoms with Gasteiger partial charge in [-0.2, -0.15) is 0 Å². The summed E-state index contributed by atoms with van der Waals surface area (Å²) in [7, 11) is 0. The maximum Gasteiger partial charge on any atom is 0.306 e. The van der Waals surface area contributed by atoms with Crippen LogP contribution in [-0.2, 0) is 28.6 Å². The molecule has 0 aromatic carbocycles. The average molecular weight is 968 g/mol. The van der Waals surface area contributed by atoms with Gasteiger partial charge in [-0.15, -0.1) is 0 Å². The van der Waals surface area contributed by atoms with Gasteiger partial charge in [0, 0.05) is 19.3 Å². The monoisotopic (exact) mass is 967 g/mol. The summed E-state index contributed by atoms with van der Waals surface area (Å²) in [4.78, 5) is 38.1. The zero-order chi connectivity index (χ0) is 50.0. The number of carbonyl (C=O) groups excluding carboxylic acids is 3. The molecule has 0 saturated carbocycles. The molecule has 0 bridgehead atoms. The van der Waals surface area contributed by atoms with Gasteiger partial charge in [0.1, 0.15) is 13.2 Å². The predicted molar refractivity (Wildman–Crippen MR) is 298 cm³/mol. The molecule has 0 aromatic rings. The van der Waals surface area contributed by atoms with Crippen molar-refractivity contribution in [3.63, 3.8) is 0 Å². The second kappa shape index (κ2) is 57.9. The number of hydrogen-bond acceptors (Lipinski definition) is 6. The van der Waals surface area contributed by atoms with E-state index in [-0.39, 0.29) is 31.1 Å². The molecule has 0 aliphatic heterocycles. The Morgan fingerprint density at radius 2 is 0.522 bits per heavy atom. The molecular weight excluding hydrogens is 853 g/mol. The summed E-state index contributed by atoms with van der Waals surface area (Å²) in [6.45, 7) is 6.63. The van der Waals surface area contributed by atoms with Crippen LogP contribution in [0.15, 0.2) is 48.6 Å². The van der Waals surface area contributed by atoms with Crippen LogP contribution in [0, 0.1) is 0 Å². The van der Waals surface area contributed by atoms with Gasteiger partial charge in [0.2, 0.25) is 0 Å². The molecule has 0 N–H and O–H groups in total. The first-order chi connectivity index (χ1) is 34.0. The SMILES string of the molecule is CCCCCCC/C=C\C/C=C\CCCCCCCCCCCC(=O)OCC(COC(=O)CCCCCCCCCCC)OC(=O)CCCCCCCCCCC/C=C\C/C=C\CCCCCCC. The summed E-state index contributed by atoms with van der Waals surface area (Å²) in [5.74, 6) is -0.870. The van der Waals surface area contributed by atoms with Crippen molar-refractivity contribution in [2.24, 2.45) is 0 Å². The molecule has 69 heavy (non-hydrogen) atoms. The van der Waals surface area contributed by atoms with Crippen LogP contribution in [0.25, 0.3) is 0 Å². The fourth-order valence-corrected chi connectivity index (χ4v) is 8.74. The Morgan fingerprint density at radius 1 is 0.290 bits per heavy atom. The predicted octanol–water partition coefficient (Wildman–Crippen LogP) is 20.2. The molecule has 0 spiro atoms. The van der Waals surface area contributed by atoms with Crippen LogP contribution >= 0.6 is 0 Å². The van der Waals surface area contributed by atoms with Crippen LogP contribution in [0.2, 0.25) is 0 Å². The molecule has 6 heteroatoms. The van der Waals surface area contributed by atoms with Crippen molar-refractivity contribution < 1.29 is 28.6 Å². The van der Waals surface area contributed by atoms with Crippen molar-refractivity contribution in [1.82, 2.24) is 0 Å². The summed E-state index contributed by atoms with van der Waals surface area (Å²) < 4.78 is 16.9. The number of carbonyl (C=O) groups is 3. The first-order valence-corrected chi connectivity index (χ1v) is 30.1. The normalized spacial score (nSPS) is 12.3. The summed E-state index contributed by atoms with van der Waals surface area (Å²) in [6, 6.07) is 0. The molecule has 0 rings (SSSR count). The Kier molecular flexibility index (Phi) is 55.7. The van der Waals surface area contributed by atoms with Crippen molar-refractivity contribution >= 4 is 17.9 Å². The fourth-order valence-electron chi connectivity index (χ4n) is 8.74. The molecule has 0 saturated heterocycles. The first-order valence-electron chi connectivity index (χ1n) is 30.1. The lowest BCUT2D eigenvalue weighted by Gasteiger charge is -2.18. The summed E-state index contributed by atoms with van der Waals surface area (Å²) in [6.07, 6.45) is 71.1. The van der Waals surface area contributed by atoms with E-state index >= 15 is 0 Å². The van der Waals surface area contributed by atoms with E-state index in [2.05, 4.69) is 69.4 Å². The minimum atomic E-state index is -0.774. The molecule has 0 fully saturated rings. The van der Waals surface area contributed by atoms with Crippen molar-refractivity contribution in [1.29, 1.82) is 0 Å². The third-order valence-electron chi connectivity index (χ3n) is 13.3. The van der Waals surface area contributed by atoms with Crippen LogP contribution in [0.4, 0.5) is 0 Å². The van der Waals surface area contributed by atoms with E-state index in [0.29, 0.717) is 19.3 Å². The highest BCUT2D eigenvalue weighted by molar-refractivity contribution is 5.71. The van der Waals surface area contributed by atoms with Crippen molar-refractivity contribution in [3.05, 3.63) is 48.6 Å². The standard InChI is InChI=1S/C63H114O6/c1-4-7-10-13-16-19-21-23-25-27-29-31-33-35-37-39-41-44-47-50-53-56-62(65)68-59-60(58-67-61(64)55-52-49-46-43-18-15-12-9-6-3)69-63(66)57-54-51-48-45-42-40-38-36-34-32-30-28-26-24-22-20-17-14-11-8-5-2/h21-24,27-30,60H,4-20,25-26,31-59H2,1-3H3/b23-21-,24-22-,29-27-,30-28-. The lowest BCUT2D eigenvalue weighted by Crippen LogP contribution is -2.30. The van der Waals surface area contributed by atoms with Gasteiger partial charge in [-0.25, -0.2) is 0 Å². The van der Waals surface area contributed by atoms with E-state index in [1.807, 2.05) is 0 Å². The van der Waals surface area contributed by atoms with Gasteiger partial charge >= 0.3 is 17.9 Å². The van der Waals surface area contributed by atoms with Crippen LogP contribution < -0.4 is 0 Å². The van der Waals surface area contributed by atoms with Crippen molar-refractivity contribution in [3.8, 4) is 0 Å². The van der Waals surface area contributed by atoms with E-state index < -0.39 is 6.10 Å². The molecule has 0 aliphatic carbocycles. The van der Waals surface area contributed by atoms with Gasteiger partial charge in [0.25, 0.3) is 0 Å². The van der Waals surface area contributed by atoms with Gasteiger partial charge in [-0.05, 0) is 83.5 Å². The maximum atomic E-state index is 12.9. The average Bonchev–Trinajstić information content (AvgIpc) is 3.35. The van der Waals surface area contributed by atoms with E-state index in [9.17, 15) is 14.4 Å². The Balaban J connectivity index is 4.25. The number of rotatable bonds is 55. The van der Waals surface area contributed by atoms with Gasteiger partial charge in [-0.1, -0.05) is 262 Å². The van der Waals surface area contributed by atoms with E-state index in [1.165, 1.54) is 205 Å². The molecular formula is C63H114O6. The van der Waals surface area contributed by atoms with Gasteiger partial charge in [0.15, 0.2) is 6.10 Å². The summed E-state index contributed by atoms with van der Waals surface area (Å²) in [5.41, 5.74) is 0. The van der Waals surface area contributed by atoms with Crippen molar-refractivity contribution in [2.75, 3.05) is 13.2 Å². The number of unbranched alkanes of at least 4 members (excludes halogenated alkanes) is 36. The third-order valence-corrected chi connectivity index (χ3v) is 13.3. The van der Waals surface area contributed by atoms with Gasteiger partial charge < -0.3 is 14.2 Å². The second-order valence-electron chi connectivity index (χ2n) is 20.3. The van der Waals surface area contributed by atoms with E-state index in [4.69, 9.17) is 14.2 Å². The smallest absolute Gasteiger partial charge is 0.306 e. The van der Waals surface area contributed by atoms with Crippen LogP contribution in [0.3, 0.4) is 0 Å². The third kappa shape index (κ3) is 56.2. The topological polar surface area (TPSA) is 78.9 Å². The molecule has 1 atom stereocenters. The number of ether oxygens (including phenoxy) is 3. The molecule has 0 amide bonds. The second-order valence-corrected chi connectivity index (χ2v) is 20.3. The Labute approximate surface area is 428 Å². The highest BCUT2D eigenvalue weighted by Crippen LogP contribution is 2.16. The quantitative estimate of drug-likeness (QED) is 0.0262. The Bertz CT molecular complexity index is 1200. The van der Waals surface area contributed by atoms with E-state index in [1.54, 1.807) is 0 Å². The Hall–Kier alpha value is -2.63. The molecule has 0 radical (unpaired) electrons. The molecule has 0 aromatic heterocycles. The molecule has 0 heterocycles. The summed E-state index contributed by atoms with van der Waals surface area (Å²) in [5, 5.41) is 0. The van der Waals surface area contributed by atoms with Gasteiger partial charge in [0.05, 0.1) is 0 Å². The van der Waals surface area contributed by atoms with Crippen LogP contribution in [0.1, 0.15) is 316 Å². The van der Waals surface area contributed by atoms with Crippen LogP contribution in [0.5, 0.6) is 0 Å². The van der Waals surface area contributed by atoms with Crippen LogP contribution in [-0.4, -0.2) is 37.2 Å². The fraction of sp³-hybridized carbons (Fsp3) is 0.825. The highest BCUT2D eigenvalue weighted by atomic mass is 16.6. The zero-order valence-electron chi connectivity index (χ0n) is 46.1. The summed E-state index contributed by atoms with van der Waals surface area (Å²) >= 11 is 0. The zero-order valence-corrected chi connectivity index (χ0v) is 46.1. The molecule has 402 valence electrons. The molecule has 6 nitrogen and oxygen atoms in total. The minimum absolute atomic E-state index is 0.0735. The Morgan fingerprint density at radius 3 is 0.797 bits per heavy atom. The van der Waals surface area contributed by atoms with Crippen molar-refractivity contribution in [2.45, 2.75) is 322 Å². The first kappa shape index (κ1) is 66.4.